The molecule has 1 atom stereocenters. The third-order valence-electron chi connectivity index (χ3n) is 3.08. The molecule has 1 unspecified atom stereocenters. The van der Waals surface area contributed by atoms with E-state index < -0.39 is 6.10 Å². The number of aliphatic hydroxyl groups is 1. The van der Waals surface area contributed by atoms with Gasteiger partial charge in [-0.1, -0.05) is 59.6 Å². The minimum atomic E-state index is -0.610. The van der Waals surface area contributed by atoms with E-state index >= 15 is 0 Å². The summed E-state index contributed by atoms with van der Waals surface area (Å²) >= 11 is 11.9. The molecule has 0 heterocycles. The molecule has 3 nitrogen and oxygen atoms in total. The van der Waals surface area contributed by atoms with Crippen LogP contribution in [0.15, 0.2) is 48.5 Å². The largest absolute Gasteiger partial charge is 0.388 e. The Morgan fingerprint density at radius 3 is 2.52 bits per heavy atom. The Morgan fingerprint density at radius 1 is 1.10 bits per heavy atom. The molecule has 0 bridgehead atoms. The first kappa shape index (κ1) is 15.8. The van der Waals surface area contributed by atoms with E-state index in [2.05, 4.69) is 5.32 Å². The number of carbonyl (C=O) groups is 1. The van der Waals surface area contributed by atoms with E-state index in [1.807, 2.05) is 30.3 Å². The number of nitrogens with one attached hydrogen (secondary N) is 1. The molecule has 1 amide bonds. The maximum atomic E-state index is 12.0. The molecule has 110 valence electrons. The van der Waals surface area contributed by atoms with Gasteiger partial charge < -0.3 is 10.4 Å². The number of amides is 1. The minimum Gasteiger partial charge on any atom is -0.388 e. The summed E-state index contributed by atoms with van der Waals surface area (Å²) in [4.78, 5) is 12.0. The number of benzene rings is 2. The molecule has 0 aliphatic heterocycles. The Kier molecular flexibility index (Phi) is 5.62. The van der Waals surface area contributed by atoms with E-state index in [0.717, 1.165) is 5.56 Å². The summed E-state index contributed by atoms with van der Waals surface area (Å²) in [5, 5.41) is 13.3. The average molecular weight is 324 g/mol. The second kappa shape index (κ2) is 7.46. The molecule has 5 heteroatoms. The molecule has 0 spiro atoms. The molecule has 0 aliphatic rings. The molecule has 0 fully saturated rings. The molecular weight excluding hydrogens is 309 g/mol. The molecule has 0 saturated heterocycles. The van der Waals surface area contributed by atoms with Crippen molar-refractivity contribution in [3.8, 4) is 0 Å². The standard InChI is InChI=1S/C16H15Cl2NO2/c17-13-8-4-7-12(15(13)18)16(21)19-10-9-14(20)11-5-2-1-3-6-11/h1-8,14,20H,9-10H2,(H,19,21). The maximum Gasteiger partial charge on any atom is 0.252 e. The van der Waals surface area contributed by atoms with Gasteiger partial charge in [-0.2, -0.15) is 0 Å². The zero-order chi connectivity index (χ0) is 15.2. The lowest BCUT2D eigenvalue weighted by Gasteiger charge is -2.12. The van der Waals surface area contributed by atoms with Crippen LogP contribution in [0, 0.1) is 0 Å². The lowest BCUT2D eigenvalue weighted by Crippen LogP contribution is -2.26. The Morgan fingerprint density at radius 2 is 1.81 bits per heavy atom. The zero-order valence-corrected chi connectivity index (χ0v) is 12.7. The fourth-order valence-electron chi connectivity index (χ4n) is 1.94. The minimum absolute atomic E-state index is 0.236. The van der Waals surface area contributed by atoms with Crippen molar-refractivity contribution in [1.82, 2.24) is 5.32 Å². The third-order valence-corrected chi connectivity index (χ3v) is 3.90. The molecular formula is C16H15Cl2NO2. The molecule has 0 aromatic heterocycles. The van der Waals surface area contributed by atoms with E-state index in [1.165, 1.54) is 0 Å². The van der Waals surface area contributed by atoms with Gasteiger partial charge in [0.25, 0.3) is 5.91 Å². The fourth-order valence-corrected chi connectivity index (χ4v) is 2.33. The van der Waals surface area contributed by atoms with Gasteiger partial charge in [-0.05, 0) is 24.1 Å². The Balaban J connectivity index is 1.89. The van der Waals surface area contributed by atoms with Crippen molar-refractivity contribution in [3.63, 3.8) is 0 Å². The number of hydrogen-bond donors (Lipinski definition) is 2. The molecule has 0 aliphatic carbocycles. The van der Waals surface area contributed by atoms with Crippen LogP contribution >= 0.6 is 23.2 Å². The van der Waals surface area contributed by atoms with Crippen molar-refractivity contribution in [1.29, 1.82) is 0 Å². The first-order valence-electron chi connectivity index (χ1n) is 6.55. The summed E-state index contributed by atoms with van der Waals surface area (Å²) < 4.78 is 0. The van der Waals surface area contributed by atoms with Crippen molar-refractivity contribution in [2.75, 3.05) is 6.54 Å². The normalized spacial score (nSPS) is 12.0. The predicted octanol–water partition coefficient (Wildman–Crippen LogP) is 3.85. The lowest BCUT2D eigenvalue weighted by atomic mass is 10.1. The molecule has 2 rings (SSSR count). The molecule has 2 aromatic carbocycles. The van der Waals surface area contributed by atoms with Gasteiger partial charge in [0.15, 0.2) is 0 Å². The summed E-state index contributed by atoms with van der Waals surface area (Å²) in [6, 6.07) is 14.2. The first-order chi connectivity index (χ1) is 10.1. The number of hydrogen-bond acceptors (Lipinski definition) is 2. The zero-order valence-electron chi connectivity index (χ0n) is 11.2. The SMILES string of the molecule is O=C(NCCC(O)c1ccccc1)c1cccc(Cl)c1Cl. The smallest absolute Gasteiger partial charge is 0.252 e. The van der Waals surface area contributed by atoms with Crippen LogP contribution in [0.3, 0.4) is 0 Å². The van der Waals surface area contributed by atoms with Gasteiger partial charge in [-0.15, -0.1) is 0 Å². The van der Waals surface area contributed by atoms with Crippen LogP contribution in [-0.4, -0.2) is 17.6 Å². The van der Waals surface area contributed by atoms with Crippen LogP contribution in [0.1, 0.15) is 28.4 Å². The van der Waals surface area contributed by atoms with Crippen molar-refractivity contribution in [2.45, 2.75) is 12.5 Å². The van der Waals surface area contributed by atoms with Crippen molar-refractivity contribution >= 4 is 29.1 Å². The van der Waals surface area contributed by atoms with Gasteiger partial charge in [0, 0.05) is 6.54 Å². The number of carbonyl (C=O) groups excluding carboxylic acids is 1. The Labute approximate surface area is 133 Å². The summed E-state index contributed by atoms with van der Waals surface area (Å²) in [6.45, 7) is 0.345. The van der Waals surface area contributed by atoms with E-state index in [4.69, 9.17) is 23.2 Å². The van der Waals surface area contributed by atoms with E-state index in [1.54, 1.807) is 18.2 Å². The van der Waals surface area contributed by atoms with Gasteiger partial charge in [-0.3, -0.25) is 4.79 Å². The summed E-state index contributed by atoms with van der Waals surface area (Å²) in [5.41, 5.74) is 1.16. The van der Waals surface area contributed by atoms with Crippen LogP contribution in [-0.2, 0) is 0 Å². The number of rotatable bonds is 5. The summed E-state index contributed by atoms with van der Waals surface area (Å²) in [7, 11) is 0. The summed E-state index contributed by atoms with van der Waals surface area (Å²) in [5.74, 6) is -0.303. The van der Waals surface area contributed by atoms with Crippen molar-refractivity contribution in [3.05, 3.63) is 69.7 Å². The number of halogens is 2. The average Bonchev–Trinajstić information content (AvgIpc) is 2.50. The molecule has 2 N–H and O–H groups in total. The first-order valence-corrected chi connectivity index (χ1v) is 7.30. The highest BCUT2D eigenvalue weighted by atomic mass is 35.5. The summed E-state index contributed by atoms with van der Waals surface area (Å²) in [6.07, 6.45) is -0.185. The predicted molar refractivity (Wildman–Crippen MR) is 84.8 cm³/mol. The topological polar surface area (TPSA) is 49.3 Å². The van der Waals surface area contributed by atoms with Gasteiger partial charge >= 0.3 is 0 Å². The van der Waals surface area contributed by atoms with Crippen LogP contribution < -0.4 is 5.32 Å². The monoisotopic (exact) mass is 323 g/mol. The lowest BCUT2D eigenvalue weighted by molar-refractivity contribution is 0.0943. The highest BCUT2D eigenvalue weighted by Crippen LogP contribution is 2.25. The third kappa shape index (κ3) is 4.21. The quantitative estimate of drug-likeness (QED) is 0.878. The highest BCUT2D eigenvalue weighted by Gasteiger charge is 2.13. The molecule has 0 saturated carbocycles. The second-order valence-electron chi connectivity index (χ2n) is 4.57. The Bertz CT molecular complexity index is 617. The van der Waals surface area contributed by atoms with Gasteiger partial charge in [0.1, 0.15) is 0 Å². The van der Waals surface area contributed by atoms with Gasteiger partial charge in [0.05, 0.1) is 21.7 Å². The molecule has 21 heavy (non-hydrogen) atoms. The maximum absolute atomic E-state index is 12.0. The van der Waals surface area contributed by atoms with Crippen molar-refractivity contribution < 1.29 is 9.90 Å². The van der Waals surface area contributed by atoms with Crippen LogP contribution in [0.5, 0.6) is 0 Å². The van der Waals surface area contributed by atoms with E-state index in [0.29, 0.717) is 23.6 Å². The van der Waals surface area contributed by atoms with E-state index in [9.17, 15) is 9.90 Å². The highest BCUT2D eigenvalue weighted by molar-refractivity contribution is 6.43. The van der Waals surface area contributed by atoms with Crippen LogP contribution in [0.2, 0.25) is 10.0 Å². The number of aliphatic hydroxyl groups excluding tert-OH is 1. The van der Waals surface area contributed by atoms with E-state index in [-0.39, 0.29) is 10.9 Å². The molecule has 0 radical (unpaired) electrons. The fraction of sp³-hybridized carbons (Fsp3) is 0.188. The van der Waals surface area contributed by atoms with Gasteiger partial charge in [0.2, 0.25) is 0 Å². The second-order valence-corrected chi connectivity index (χ2v) is 5.36. The van der Waals surface area contributed by atoms with Crippen LogP contribution in [0.4, 0.5) is 0 Å². The van der Waals surface area contributed by atoms with Crippen LogP contribution in [0.25, 0.3) is 0 Å². The Hall–Kier alpha value is -1.55. The van der Waals surface area contributed by atoms with Gasteiger partial charge in [-0.25, -0.2) is 0 Å². The van der Waals surface area contributed by atoms with Crippen molar-refractivity contribution in [2.24, 2.45) is 0 Å². The molecule has 2 aromatic rings.